The molecule has 0 radical (unpaired) electrons. The summed E-state index contributed by atoms with van der Waals surface area (Å²) in [5.74, 6) is 0.635. The van der Waals surface area contributed by atoms with Gasteiger partial charge in [-0.25, -0.2) is 4.98 Å². The number of hydrogen-bond acceptors (Lipinski definition) is 3. The highest BCUT2D eigenvalue weighted by atomic mass is 79.9. The van der Waals surface area contributed by atoms with E-state index in [9.17, 15) is 0 Å². The molecule has 0 atom stereocenters. The van der Waals surface area contributed by atoms with Crippen LogP contribution in [-0.4, -0.2) is 4.98 Å². The maximum Gasteiger partial charge on any atom is 0.153 e. The van der Waals surface area contributed by atoms with E-state index >= 15 is 0 Å². The number of halogens is 2. The van der Waals surface area contributed by atoms with Gasteiger partial charge >= 0.3 is 0 Å². The molecule has 0 aliphatic heterocycles. The molecule has 0 bridgehead atoms. The Bertz CT molecular complexity index is 599. The van der Waals surface area contributed by atoms with Gasteiger partial charge in [0.2, 0.25) is 0 Å². The van der Waals surface area contributed by atoms with Crippen LogP contribution in [0.4, 0.5) is 17.2 Å². The fourth-order valence-corrected chi connectivity index (χ4v) is 2.26. The van der Waals surface area contributed by atoms with Crippen LogP contribution in [0.1, 0.15) is 11.3 Å². The fourth-order valence-electron chi connectivity index (χ4n) is 1.54. The third-order valence-electron chi connectivity index (χ3n) is 2.57. The second-order valence-corrected chi connectivity index (χ2v) is 5.36. The Morgan fingerprint density at radius 1 is 1.28 bits per heavy atom. The van der Waals surface area contributed by atoms with Crippen molar-refractivity contribution in [2.45, 2.75) is 13.8 Å². The minimum atomic E-state index is 0.601. The van der Waals surface area contributed by atoms with Crippen molar-refractivity contribution in [1.82, 2.24) is 4.98 Å². The summed E-state index contributed by atoms with van der Waals surface area (Å²) in [5, 5.41) is 3.88. The van der Waals surface area contributed by atoms with E-state index in [2.05, 4.69) is 26.2 Å². The number of aromatic nitrogens is 1. The molecular weight excluding hydrogens is 314 g/mol. The number of pyridine rings is 1. The van der Waals surface area contributed by atoms with Gasteiger partial charge in [0, 0.05) is 15.2 Å². The Balaban J connectivity index is 2.40. The number of rotatable bonds is 2. The first-order valence-corrected chi connectivity index (χ1v) is 6.60. The van der Waals surface area contributed by atoms with Crippen molar-refractivity contribution in [3.8, 4) is 0 Å². The van der Waals surface area contributed by atoms with Gasteiger partial charge in [0.15, 0.2) is 5.82 Å². The quantitative estimate of drug-likeness (QED) is 0.857. The lowest BCUT2D eigenvalue weighted by Crippen LogP contribution is -2.01. The van der Waals surface area contributed by atoms with Crippen LogP contribution in [0.5, 0.6) is 0 Å². The van der Waals surface area contributed by atoms with Gasteiger partial charge < -0.3 is 11.1 Å². The van der Waals surface area contributed by atoms with Crippen molar-refractivity contribution in [3.05, 3.63) is 45.0 Å². The van der Waals surface area contributed by atoms with Crippen molar-refractivity contribution in [3.63, 3.8) is 0 Å². The summed E-state index contributed by atoms with van der Waals surface area (Å²) in [6.45, 7) is 3.87. The molecule has 5 heteroatoms. The molecule has 94 valence electrons. The Labute approximate surface area is 119 Å². The molecule has 2 aromatic rings. The highest BCUT2D eigenvalue weighted by molar-refractivity contribution is 9.10. The average molecular weight is 327 g/mol. The summed E-state index contributed by atoms with van der Waals surface area (Å²) >= 11 is 9.60. The Morgan fingerprint density at radius 2 is 2.00 bits per heavy atom. The Hall–Kier alpha value is -1.26. The molecular formula is C13H13BrClN3. The zero-order valence-corrected chi connectivity index (χ0v) is 12.4. The zero-order valence-electron chi connectivity index (χ0n) is 10.1. The number of aryl methyl sites for hydroxylation is 2. The van der Waals surface area contributed by atoms with Crippen molar-refractivity contribution in [2.75, 3.05) is 11.1 Å². The predicted octanol–water partition coefficient (Wildman–Crippen LogP) is 4.44. The van der Waals surface area contributed by atoms with Gasteiger partial charge in [-0.3, -0.25) is 0 Å². The van der Waals surface area contributed by atoms with Gasteiger partial charge in [0.25, 0.3) is 0 Å². The van der Waals surface area contributed by atoms with E-state index in [1.54, 1.807) is 0 Å². The fraction of sp³-hybridized carbons (Fsp3) is 0.154. The molecule has 0 aliphatic rings. The summed E-state index contributed by atoms with van der Waals surface area (Å²) in [5.41, 5.74) is 9.24. The van der Waals surface area contributed by atoms with E-state index < -0.39 is 0 Å². The summed E-state index contributed by atoms with van der Waals surface area (Å²) in [7, 11) is 0. The minimum absolute atomic E-state index is 0.601. The second-order valence-electron chi connectivity index (χ2n) is 4.10. The number of anilines is 3. The molecule has 3 N–H and O–H groups in total. The smallest absolute Gasteiger partial charge is 0.153 e. The summed E-state index contributed by atoms with van der Waals surface area (Å²) in [6, 6.07) is 7.51. The maximum atomic E-state index is 6.11. The molecule has 0 saturated heterocycles. The molecule has 1 aromatic carbocycles. The van der Waals surface area contributed by atoms with Gasteiger partial charge in [-0.1, -0.05) is 11.6 Å². The van der Waals surface area contributed by atoms with E-state index in [0.29, 0.717) is 16.5 Å². The van der Waals surface area contributed by atoms with Crippen molar-refractivity contribution in [1.29, 1.82) is 0 Å². The first-order chi connectivity index (χ1) is 8.47. The third-order valence-corrected chi connectivity index (χ3v) is 3.63. The van der Waals surface area contributed by atoms with Crippen LogP contribution in [-0.2, 0) is 0 Å². The van der Waals surface area contributed by atoms with Crippen molar-refractivity contribution in [2.24, 2.45) is 0 Å². The largest absolute Gasteiger partial charge is 0.396 e. The second kappa shape index (κ2) is 5.16. The number of nitrogen functional groups attached to an aromatic ring is 1. The maximum absolute atomic E-state index is 6.11. The minimum Gasteiger partial charge on any atom is -0.396 e. The Morgan fingerprint density at radius 3 is 2.72 bits per heavy atom. The summed E-state index contributed by atoms with van der Waals surface area (Å²) in [6.07, 6.45) is 0. The summed E-state index contributed by atoms with van der Waals surface area (Å²) in [4.78, 5) is 4.36. The molecule has 18 heavy (non-hydrogen) atoms. The van der Waals surface area contributed by atoms with Gasteiger partial charge in [0.1, 0.15) is 0 Å². The molecule has 3 nitrogen and oxygen atoms in total. The number of nitrogens with zero attached hydrogens (tertiary/aromatic N) is 1. The van der Waals surface area contributed by atoms with Gasteiger partial charge in [-0.2, -0.15) is 0 Å². The van der Waals surface area contributed by atoms with Crippen LogP contribution in [0, 0.1) is 13.8 Å². The average Bonchev–Trinajstić information content (AvgIpc) is 2.30. The lowest BCUT2D eigenvalue weighted by molar-refractivity contribution is 1.20. The highest BCUT2D eigenvalue weighted by Gasteiger charge is 2.07. The van der Waals surface area contributed by atoms with Gasteiger partial charge in [0.05, 0.1) is 11.4 Å². The zero-order chi connectivity index (χ0) is 13.3. The van der Waals surface area contributed by atoms with Crippen LogP contribution in [0.15, 0.2) is 28.7 Å². The molecule has 0 fully saturated rings. The molecule has 0 unspecified atom stereocenters. The number of benzene rings is 1. The van der Waals surface area contributed by atoms with Gasteiger partial charge in [-0.05, 0) is 59.6 Å². The van der Waals surface area contributed by atoms with E-state index in [1.807, 2.05) is 38.1 Å². The van der Waals surface area contributed by atoms with Crippen LogP contribution >= 0.6 is 27.5 Å². The number of nitrogens with two attached hydrogens (primary N) is 1. The van der Waals surface area contributed by atoms with E-state index in [1.165, 1.54) is 0 Å². The van der Waals surface area contributed by atoms with E-state index in [4.69, 9.17) is 17.3 Å². The van der Waals surface area contributed by atoms with Crippen LogP contribution in [0.3, 0.4) is 0 Å². The van der Waals surface area contributed by atoms with E-state index in [-0.39, 0.29) is 0 Å². The van der Waals surface area contributed by atoms with Crippen LogP contribution in [0.2, 0.25) is 5.02 Å². The van der Waals surface area contributed by atoms with Gasteiger partial charge in [-0.15, -0.1) is 0 Å². The standard InChI is InChI=1S/C13H13BrClN3/c1-7-5-9(14)12(6-10(7)15)18-13-11(16)4-3-8(2)17-13/h3-6H,16H2,1-2H3,(H,17,18). The SMILES string of the molecule is Cc1ccc(N)c(Nc2cc(Cl)c(C)cc2Br)n1. The summed E-state index contributed by atoms with van der Waals surface area (Å²) < 4.78 is 0.923. The van der Waals surface area contributed by atoms with Crippen molar-refractivity contribution < 1.29 is 0 Å². The lowest BCUT2D eigenvalue weighted by atomic mass is 10.2. The monoisotopic (exact) mass is 325 g/mol. The predicted molar refractivity (Wildman–Crippen MR) is 80.6 cm³/mol. The molecule has 0 aliphatic carbocycles. The number of hydrogen-bond donors (Lipinski definition) is 2. The normalized spacial score (nSPS) is 10.4. The Kier molecular flexibility index (Phi) is 3.78. The number of nitrogens with one attached hydrogen (secondary N) is 1. The highest BCUT2D eigenvalue weighted by Crippen LogP contribution is 2.32. The molecule has 0 spiro atoms. The molecule has 2 rings (SSSR count). The first-order valence-electron chi connectivity index (χ1n) is 5.43. The molecule has 0 amide bonds. The van der Waals surface area contributed by atoms with Crippen LogP contribution < -0.4 is 11.1 Å². The van der Waals surface area contributed by atoms with Crippen molar-refractivity contribution >= 4 is 44.7 Å². The molecule has 1 aromatic heterocycles. The van der Waals surface area contributed by atoms with Crippen LogP contribution in [0.25, 0.3) is 0 Å². The lowest BCUT2D eigenvalue weighted by Gasteiger charge is -2.12. The van der Waals surface area contributed by atoms with E-state index in [0.717, 1.165) is 21.4 Å². The first kappa shape index (κ1) is 13.2. The molecule has 0 saturated carbocycles. The molecule has 1 heterocycles. The topological polar surface area (TPSA) is 50.9 Å². The third kappa shape index (κ3) is 2.76.